The first kappa shape index (κ1) is 18.8. The molecule has 0 atom stereocenters. The van der Waals surface area contributed by atoms with Crippen LogP contribution in [0.5, 0.6) is 5.75 Å². The molecule has 1 aromatic heterocycles. The molecule has 0 fully saturated rings. The second-order valence-electron chi connectivity index (χ2n) is 6.36. The standard InChI is InChI=1S/C21H16N2O5S/c1-27-15-5-2-12(3-6-15)20-23-17(11-29-20)21(26)28-10-18(24)13-4-7-16-14(8-13)9-19(25)22-16/h2-8,11H,9-10H2,1H3,(H,22,25). The number of rotatable bonds is 6. The number of thiazole rings is 1. The monoisotopic (exact) mass is 408 g/mol. The molecule has 2 aromatic carbocycles. The summed E-state index contributed by atoms with van der Waals surface area (Å²) in [7, 11) is 1.59. The van der Waals surface area contributed by atoms with Gasteiger partial charge >= 0.3 is 5.97 Å². The highest BCUT2D eigenvalue weighted by Crippen LogP contribution is 2.26. The summed E-state index contributed by atoms with van der Waals surface area (Å²) in [5, 5.41) is 4.97. The lowest BCUT2D eigenvalue weighted by Crippen LogP contribution is -2.14. The highest BCUT2D eigenvalue weighted by atomic mass is 32.1. The Kier molecular flexibility index (Phi) is 5.09. The van der Waals surface area contributed by atoms with Crippen LogP contribution in [-0.4, -0.2) is 36.4 Å². The van der Waals surface area contributed by atoms with Crippen LogP contribution in [0, 0.1) is 0 Å². The van der Waals surface area contributed by atoms with Crippen LogP contribution >= 0.6 is 11.3 Å². The van der Waals surface area contributed by atoms with Gasteiger partial charge < -0.3 is 14.8 Å². The third kappa shape index (κ3) is 4.02. The number of anilines is 1. The largest absolute Gasteiger partial charge is 0.497 e. The molecule has 0 spiro atoms. The van der Waals surface area contributed by atoms with Gasteiger partial charge in [-0.3, -0.25) is 9.59 Å². The zero-order valence-corrected chi connectivity index (χ0v) is 16.2. The molecule has 146 valence electrons. The lowest BCUT2D eigenvalue weighted by atomic mass is 10.1. The third-order valence-corrected chi connectivity index (χ3v) is 5.33. The number of aromatic nitrogens is 1. The minimum absolute atomic E-state index is 0.104. The number of benzene rings is 2. The summed E-state index contributed by atoms with van der Waals surface area (Å²) in [6.45, 7) is -0.394. The number of methoxy groups -OCH3 is 1. The van der Waals surface area contributed by atoms with Crippen LogP contribution in [0.2, 0.25) is 0 Å². The van der Waals surface area contributed by atoms with Gasteiger partial charge in [0.2, 0.25) is 5.91 Å². The molecule has 2 heterocycles. The van der Waals surface area contributed by atoms with Crippen LogP contribution in [0.4, 0.5) is 5.69 Å². The fourth-order valence-electron chi connectivity index (χ4n) is 2.92. The van der Waals surface area contributed by atoms with E-state index in [1.165, 1.54) is 11.3 Å². The lowest BCUT2D eigenvalue weighted by Gasteiger charge is -2.05. The molecule has 4 rings (SSSR count). The fraction of sp³-hybridized carbons (Fsp3) is 0.143. The maximum absolute atomic E-state index is 12.3. The minimum atomic E-state index is -0.660. The number of esters is 1. The molecule has 1 amide bonds. The van der Waals surface area contributed by atoms with Crippen molar-refractivity contribution >= 4 is 34.7 Å². The molecule has 0 bridgehead atoms. The van der Waals surface area contributed by atoms with E-state index in [1.54, 1.807) is 30.7 Å². The van der Waals surface area contributed by atoms with Crippen LogP contribution in [0.3, 0.4) is 0 Å². The maximum atomic E-state index is 12.3. The van der Waals surface area contributed by atoms with Gasteiger partial charge in [0, 0.05) is 22.2 Å². The van der Waals surface area contributed by atoms with Gasteiger partial charge in [0.15, 0.2) is 18.1 Å². The normalized spacial score (nSPS) is 12.2. The molecule has 0 aliphatic carbocycles. The average molecular weight is 408 g/mol. The van der Waals surface area contributed by atoms with Gasteiger partial charge in [-0.1, -0.05) is 0 Å². The summed E-state index contributed by atoms with van der Waals surface area (Å²) >= 11 is 1.31. The molecule has 1 aliphatic heterocycles. The predicted octanol–water partition coefficient (Wildman–Crippen LogP) is 3.35. The molecular weight excluding hydrogens is 392 g/mol. The highest BCUT2D eigenvalue weighted by Gasteiger charge is 2.20. The van der Waals surface area contributed by atoms with Crippen molar-refractivity contribution in [3.8, 4) is 16.3 Å². The van der Waals surface area contributed by atoms with E-state index >= 15 is 0 Å². The molecule has 3 aromatic rings. The molecule has 1 N–H and O–H groups in total. The number of amides is 1. The quantitative estimate of drug-likeness (QED) is 0.497. The van der Waals surface area contributed by atoms with Crippen molar-refractivity contribution in [2.24, 2.45) is 0 Å². The average Bonchev–Trinajstić information content (AvgIpc) is 3.37. The van der Waals surface area contributed by atoms with E-state index in [1.807, 2.05) is 24.3 Å². The van der Waals surface area contributed by atoms with Gasteiger partial charge in [-0.25, -0.2) is 9.78 Å². The number of nitrogens with zero attached hydrogens (tertiary/aromatic N) is 1. The summed E-state index contributed by atoms with van der Waals surface area (Å²) < 4.78 is 10.2. The molecule has 29 heavy (non-hydrogen) atoms. The third-order valence-electron chi connectivity index (χ3n) is 4.44. The van der Waals surface area contributed by atoms with E-state index in [0.29, 0.717) is 16.3 Å². The Labute approximate surface area is 170 Å². The van der Waals surface area contributed by atoms with Gasteiger partial charge in [-0.2, -0.15) is 0 Å². The Morgan fingerprint density at radius 1 is 1.17 bits per heavy atom. The molecule has 0 radical (unpaired) electrons. The predicted molar refractivity (Wildman–Crippen MR) is 107 cm³/mol. The van der Waals surface area contributed by atoms with Crippen LogP contribution in [0.1, 0.15) is 26.4 Å². The number of ether oxygens (including phenoxy) is 2. The first-order valence-corrected chi connectivity index (χ1v) is 9.64. The zero-order chi connectivity index (χ0) is 20.4. The molecule has 0 unspecified atom stereocenters. The van der Waals surface area contributed by atoms with Gasteiger partial charge in [-0.15, -0.1) is 11.3 Å². The van der Waals surface area contributed by atoms with Gasteiger partial charge in [-0.05, 0) is 48.0 Å². The Balaban J connectivity index is 1.38. The Bertz CT molecular complexity index is 1100. The summed E-state index contributed by atoms with van der Waals surface area (Å²) in [5.74, 6) is -0.374. The SMILES string of the molecule is COc1ccc(-c2nc(C(=O)OCC(=O)c3ccc4c(c3)CC(=O)N4)cs2)cc1. The van der Waals surface area contributed by atoms with Crippen LogP contribution < -0.4 is 10.1 Å². The van der Waals surface area contributed by atoms with E-state index in [9.17, 15) is 14.4 Å². The van der Waals surface area contributed by atoms with E-state index in [-0.39, 0.29) is 23.8 Å². The van der Waals surface area contributed by atoms with Crippen molar-refractivity contribution in [1.29, 1.82) is 0 Å². The van der Waals surface area contributed by atoms with Crippen molar-refractivity contribution in [3.05, 3.63) is 64.7 Å². The van der Waals surface area contributed by atoms with Gasteiger partial charge in [0.1, 0.15) is 10.8 Å². The highest BCUT2D eigenvalue weighted by molar-refractivity contribution is 7.13. The summed E-state index contributed by atoms with van der Waals surface area (Å²) in [6, 6.07) is 12.3. The molecule has 8 heteroatoms. The first-order valence-electron chi connectivity index (χ1n) is 8.76. The van der Waals surface area contributed by atoms with E-state index in [2.05, 4.69) is 10.3 Å². The first-order chi connectivity index (χ1) is 14.0. The Morgan fingerprint density at radius 2 is 1.97 bits per heavy atom. The van der Waals surface area contributed by atoms with Gasteiger partial charge in [0.05, 0.1) is 13.5 Å². The Hall–Kier alpha value is -3.52. The van der Waals surface area contributed by atoms with E-state index in [4.69, 9.17) is 9.47 Å². The van der Waals surface area contributed by atoms with Crippen LogP contribution in [-0.2, 0) is 16.0 Å². The summed E-state index contributed by atoms with van der Waals surface area (Å²) in [6.07, 6.45) is 0.239. The lowest BCUT2D eigenvalue weighted by molar-refractivity contribution is -0.115. The number of Topliss-reactive ketones (excluding diaryl/α,β-unsaturated/α-hetero) is 1. The van der Waals surface area contributed by atoms with Crippen LogP contribution in [0.15, 0.2) is 47.8 Å². The van der Waals surface area contributed by atoms with Crippen molar-refractivity contribution in [3.63, 3.8) is 0 Å². The minimum Gasteiger partial charge on any atom is -0.497 e. The number of hydrogen-bond donors (Lipinski definition) is 1. The summed E-state index contributed by atoms with van der Waals surface area (Å²) in [5.41, 5.74) is 2.86. The molecular formula is C21H16N2O5S. The number of nitrogens with one attached hydrogen (secondary N) is 1. The molecule has 1 aliphatic rings. The number of carbonyl (C=O) groups is 3. The number of ketones is 1. The van der Waals surface area contributed by atoms with Crippen LogP contribution in [0.25, 0.3) is 10.6 Å². The number of hydrogen-bond acceptors (Lipinski definition) is 7. The second-order valence-corrected chi connectivity index (χ2v) is 7.22. The van der Waals surface area contributed by atoms with E-state index in [0.717, 1.165) is 16.9 Å². The molecule has 0 saturated heterocycles. The van der Waals surface area contributed by atoms with Crippen molar-refractivity contribution in [2.45, 2.75) is 6.42 Å². The van der Waals surface area contributed by atoms with E-state index < -0.39 is 12.6 Å². The smallest absolute Gasteiger partial charge is 0.358 e. The number of carbonyl (C=O) groups excluding carboxylic acids is 3. The zero-order valence-electron chi connectivity index (χ0n) is 15.4. The topological polar surface area (TPSA) is 94.6 Å². The van der Waals surface area contributed by atoms with Crippen molar-refractivity contribution < 1.29 is 23.9 Å². The fourth-order valence-corrected chi connectivity index (χ4v) is 3.72. The van der Waals surface area contributed by atoms with Gasteiger partial charge in [0.25, 0.3) is 0 Å². The molecule has 7 nitrogen and oxygen atoms in total. The second kappa shape index (κ2) is 7.84. The number of fused-ring (bicyclic) bond motifs is 1. The summed E-state index contributed by atoms with van der Waals surface area (Å²) in [4.78, 5) is 40.3. The Morgan fingerprint density at radius 3 is 2.72 bits per heavy atom. The van der Waals surface area contributed by atoms with Crippen molar-refractivity contribution in [1.82, 2.24) is 4.98 Å². The van der Waals surface area contributed by atoms with Crippen molar-refractivity contribution in [2.75, 3.05) is 19.0 Å². The maximum Gasteiger partial charge on any atom is 0.358 e. The molecule has 0 saturated carbocycles.